The van der Waals surface area contributed by atoms with Crippen molar-refractivity contribution in [3.63, 3.8) is 0 Å². The second-order valence-electron chi connectivity index (χ2n) is 4.20. The molecule has 0 saturated carbocycles. The molecular formula is C12H13N3O4. The van der Waals surface area contributed by atoms with Crippen molar-refractivity contribution in [2.45, 2.75) is 19.4 Å². The normalized spacial score (nSPS) is 12.3. The van der Waals surface area contributed by atoms with Crippen molar-refractivity contribution in [3.8, 4) is 5.75 Å². The Labute approximate surface area is 108 Å². The molecule has 2 aromatic rings. The molecule has 0 aliphatic heterocycles. The number of aromatic nitrogens is 3. The van der Waals surface area contributed by atoms with Gasteiger partial charge in [-0.3, -0.25) is 9.36 Å². The zero-order chi connectivity index (χ0) is 14.0. The first-order valence-electron chi connectivity index (χ1n) is 5.61. The number of hydrogen-bond donors (Lipinski definition) is 3. The van der Waals surface area contributed by atoms with Gasteiger partial charge in [0.05, 0.1) is 6.33 Å². The summed E-state index contributed by atoms with van der Waals surface area (Å²) in [5.74, 6) is -1.30. The lowest BCUT2D eigenvalue weighted by atomic mass is 10.1. The minimum atomic E-state index is -1.12. The second-order valence-corrected chi connectivity index (χ2v) is 4.20. The molecule has 1 atom stereocenters. The summed E-state index contributed by atoms with van der Waals surface area (Å²) in [5, 5.41) is 18.6. The Morgan fingerprint density at radius 2 is 2.26 bits per heavy atom. The number of nitrogens with one attached hydrogen (secondary N) is 1. The number of aliphatic carboxylic acids is 1. The molecule has 2 aromatic heterocycles. The number of aromatic hydroxyl groups is 1. The van der Waals surface area contributed by atoms with Gasteiger partial charge in [0.1, 0.15) is 11.8 Å². The highest BCUT2D eigenvalue weighted by atomic mass is 16.4. The Hall–Kier alpha value is -2.57. The van der Waals surface area contributed by atoms with Crippen molar-refractivity contribution < 1.29 is 15.0 Å². The first-order chi connectivity index (χ1) is 8.99. The highest BCUT2D eigenvalue weighted by molar-refractivity contribution is 5.72. The third-order valence-corrected chi connectivity index (χ3v) is 2.81. The summed E-state index contributed by atoms with van der Waals surface area (Å²) < 4.78 is 1.14. The van der Waals surface area contributed by atoms with E-state index in [0.29, 0.717) is 11.4 Å². The van der Waals surface area contributed by atoms with Crippen LogP contribution < -0.4 is 5.56 Å². The predicted octanol–water partition coefficient (Wildman–Crippen LogP) is 0.454. The molecule has 0 fully saturated rings. The molecule has 0 amide bonds. The number of rotatable bonds is 4. The van der Waals surface area contributed by atoms with E-state index in [1.165, 1.54) is 18.6 Å². The van der Waals surface area contributed by atoms with Crippen LogP contribution in [-0.4, -0.2) is 30.7 Å². The fourth-order valence-electron chi connectivity index (χ4n) is 1.99. The van der Waals surface area contributed by atoms with E-state index in [2.05, 4.69) is 9.97 Å². The van der Waals surface area contributed by atoms with Gasteiger partial charge in [-0.2, -0.15) is 0 Å². The summed E-state index contributed by atoms with van der Waals surface area (Å²) in [6, 6.07) is 1.30. The summed E-state index contributed by atoms with van der Waals surface area (Å²) in [7, 11) is 0. The highest BCUT2D eigenvalue weighted by Gasteiger charge is 2.23. The lowest BCUT2D eigenvalue weighted by Gasteiger charge is -2.17. The number of carboxylic acid groups (broad SMARTS) is 1. The van der Waals surface area contributed by atoms with Crippen LogP contribution in [0.25, 0.3) is 0 Å². The fourth-order valence-corrected chi connectivity index (χ4v) is 1.99. The zero-order valence-electron chi connectivity index (χ0n) is 10.2. The van der Waals surface area contributed by atoms with Crippen LogP contribution in [0.5, 0.6) is 5.75 Å². The summed E-state index contributed by atoms with van der Waals surface area (Å²) in [4.78, 5) is 29.8. The third kappa shape index (κ3) is 2.65. The molecule has 0 saturated heterocycles. The molecule has 0 aromatic carbocycles. The maximum Gasteiger partial charge on any atom is 0.327 e. The number of carboxylic acids is 1. The molecule has 3 N–H and O–H groups in total. The number of pyridine rings is 1. The van der Waals surface area contributed by atoms with Crippen LogP contribution in [0.1, 0.15) is 17.4 Å². The molecule has 0 aliphatic rings. The molecular weight excluding hydrogens is 250 g/mol. The van der Waals surface area contributed by atoms with Crippen LogP contribution in [0.3, 0.4) is 0 Å². The topological polar surface area (TPSA) is 108 Å². The molecule has 0 spiro atoms. The predicted molar refractivity (Wildman–Crippen MR) is 66.1 cm³/mol. The van der Waals surface area contributed by atoms with Gasteiger partial charge < -0.3 is 15.2 Å². The van der Waals surface area contributed by atoms with Gasteiger partial charge in [-0.05, 0) is 13.0 Å². The van der Waals surface area contributed by atoms with Gasteiger partial charge in [-0.25, -0.2) is 9.78 Å². The molecule has 0 aliphatic carbocycles. The van der Waals surface area contributed by atoms with Crippen molar-refractivity contribution >= 4 is 5.97 Å². The van der Waals surface area contributed by atoms with Crippen molar-refractivity contribution in [3.05, 3.63) is 46.4 Å². The first-order valence-corrected chi connectivity index (χ1v) is 5.61. The lowest BCUT2D eigenvalue weighted by molar-refractivity contribution is -0.141. The van der Waals surface area contributed by atoms with Crippen LogP contribution in [0.4, 0.5) is 0 Å². The summed E-state index contributed by atoms with van der Waals surface area (Å²) in [5.41, 5.74) is 0.452. The molecule has 2 rings (SSSR count). The summed E-state index contributed by atoms with van der Waals surface area (Å²) >= 11 is 0. The van der Waals surface area contributed by atoms with E-state index < -0.39 is 17.6 Å². The van der Waals surface area contributed by atoms with Gasteiger partial charge in [0, 0.05) is 30.1 Å². The fraction of sp³-hybridized carbons (Fsp3) is 0.250. The van der Waals surface area contributed by atoms with E-state index in [4.69, 9.17) is 0 Å². The van der Waals surface area contributed by atoms with Gasteiger partial charge in [0.2, 0.25) is 0 Å². The van der Waals surface area contributed by atoms with E-state index in [1.54, 1.807) is 6.92 Å². The van der Waals surface area contributed by atoms with Crippen LogP contribution in [0.2, 0.25) is 0 Å². The lowest BCUT2D eigenvalue weighted by Crippen LogP contribution is -2.32. The average molecular weight is 263 g/mol. The first kappa shape index (κ1) is 12.9. The Morgan fingerprint density at radius 1 is 1.53 bits per heavy atom. The average Bonchev–Trinajstić information content (AvgIpc) is 2.78. The van der Waals surface area contributed by atoms with Crippen LogP contribution in [0, 0.1) is 6.92 Å². The molecule has 0 bridgehead atoms. The number of imidazole rings is 1. The maximum absolute atomic E-state index is 11.8. The Balaban J connectivity index is 2.45. The van der Waals surface area contributed by atoms with E-state index in [1.807, 2.05) is 0 Å². The SMILES string of the molecule is Cc1cc(O)cc(=O)n1[C@H](Cc1cnc[nH]1)C(=O)O. The smallest absolute Gasteiger partial charge is 0.327 e. The van der Waals surface area contributed by atoms with Crippen molar-refractivity contribution in [2.75, 3.05) is 0 Å². The van der Waals surface area contributed by atoms with Gasteiger partial charge in [0.25, 0.3) is 5.56 Å². The van der Waals surface area contributed by atoms with E-state index in [-0.39, 0.29) is 12.2 Å². The quantitative estimate of drug-likeness (QED) is 0.742. The van der Waals surface area contributed by atoms with Crippen LogP contribution in [-0.2, 0) is 11.2 Å². The Kier molecular flexibility index (Phi) is 3.37. The maximum atomic E-state index is 11.8. The Bertz CT molecular complexity index is 645. The number of carbonyl (C=O) groups is 1. The Morgan fingerprint density at radius 3 is 2.79 bits per heavy atom. The number of nitrogens with zero attached hydrogens (tertiary/aromatic N) is 2. The van der Waals surface area contributed by atoms with Gasteiger partial charge in [-0.15, -0.1) is 0 Å². The molecule has 100 valence electrons. The van der Waals surface area contributed by atoms with Crippen LogP contribution >= 0.6 is 0 Å². The van der Waals surface area contributed by atoms with E-state index in [9.17, 15) is 19.8 Å². The second kappa shape index (κ2) is 4.97. The van der Waals surface area contributed by atoms with Gasteiger partial charge in [-0.1, -0.05) is 0 Å². The largest absolute Gasteiger partial charge is 0.508 e. The molecule has 0 unspecified atom stereocenters. The van der Waals surface area contributed by atoms with Crippen molar-refractivity contribution in [1.29, 1.82) is 0 Å². The zero-order valence-corrected chi connectivity index (χ0v) is 10.2. The van der Waals surface area contributed by atoms with Gasteiger partial charge in [0.15, 0.2) is 0 Å². The van der Waals surface area contributed by atoms with E-state index >= 15 is 0 Å². The van der Waals surface area contributed by atoms with E-state index in [0.717, 1.165) is 10.6 Å². The molecule has 19 heavy (non-hydrogen) atoms. The monoisotopic (exact) mass is 263 g/mol. The van der Waals surface area contributed by atoms with Crippen molar-refractivity contribution in [2.24, 2.45) is 0 Å². The molecule has 2 heterocycles. The number of H-pyrrole nitrogens is 1. The number of hydrogen-bond acceptors (Lipinski definition) is 4. The number of aromatic amines is 1. The minimum Gasteiger partial charge on any atom is -0.508 e. The summed E-state index contributed by atoms with van der Waals surface area (Å²) in [6.45, 7) is 1.57. The standard InChI is InChI=1S/C12H13N3O4/c1-7-2-9(16)4-11(17)15(7)10(12(18)19)3-8-5-13-6-14-8/h2,4-6,10,16H,3H2,1H3,(H,13,14)(H,18,19)/t10-/m1/s1. The summed E-state index contributed by atoms with van der Waals surface area (Å²) in [6.07, 6.45) is 3.07. The molecule has 0 radical (unpaired) electrons. The molecule has 7 nitrogen and oxygen atoms in total. The highest BCUT2D eigenvalue weighted by Crippen LogP contribution is 2.16. The van der Waals surface area contributed by atoms with Gasteiger partial charge >= 0.3 is 5.97 Å². The molecule has 7 heteroatoms. The minimum absolute atomic E-state index is 0.112. The van der Waals surface area contributed by atoms with Crippen molar-refractivity contribution in [1.82, 2.24) is 14.5 Å². The number of aryl methyl sites for hydroxylation is 1. The third-order valence-electron chi connectivity index (χ3n) is 2.81. The van der Waals surface area contributed by atoms with Crippen LogP contribution in [0.15, 0.2) is 29.5 Å².